The molecule has 2 aromatic carbocycles. The predicted octanol–water partition coefficient (Wildman–Crippen LogP) is 4.39. The fourth-order valence-corrected chi connectivity index (χ4v) is 3.30. The van der Waals surface area contributed by atoms with E-state index in [-0.39, 0.29) is 0 Å². The monoisotopic (exact) mass is 332 g/mol. The van der Waals surface area contributed by atoms with Crippen molar-refractivity contribution in [2.75, 3.05) is 0 Å². The average molecular weight is 332 g/mol. The summed E-state index contributed by atoms with van der Waals surface area (Å²) in [4.78, 5) is 0. The van der Waals surface area contributed by atoms with E-state index in [0.29, 0.717) is 0 Å². The molecule has 118 valence electrons. The van der Waals surface area contributed by atoms with E-state index in [1.165, 1.54) is 11.1 Å². The second-order valence-electron chi connectivity index (χ2n) is 5.61. The van der Waals surface area contributed by atoms with Crippen molar-refractivity contribution in [2.45, 2.75) is 17.8 Å². The van der Waals surface area contributed by atoms with Gasteiger partial charge in [0.25, 0.3) is 0 Å². The summed E-state index contributed by atoms with van der Waals surface area (Å²) in [5, 5.41) is 14.0. The molecule has 0 N–H and O–H groups in total. The molecule has 0 amide bonds. The van der Waals surface area contributed by atoms with Gasteiger partial charge in [0, 0.05) is 11.3 Å². The van der Waals surface area contributed by atoms with Crippen molar-refractivity contribution >= 4 is 17.4 Å². The van der Waals surface area contributed by atoms with Crippen molar-refractivity contribution in [1.82, 2.24) is 19.8 Å². The lowest BCUT2D eigenvalue weighted by Gasteiger charge is -2.04. The molecule has 2 heterocycles. The first-order valence-corrected chi connectivity index (χ1v) is 8.74. The van der Waals surface area contributed by atoms with Crippen molar-refractivity contribution in [3.8, 4) is 11.3 Å². The lowest BCUT2D eigenvalue weighted by atomic mass is 10.1. The standard InChI is InChI=1S/C19H16N4S/c1-14-7-9-16(10-8-14)17-11-12-18-20-21-19(23(18)22-17)24-13-15-5-3-2-4-6-15/h2-12H,13H2,1H3. The highest BCUT2D eigenvalue weighted by molar-refractivity contribution is 7.98. The van der Waals surface area contributed by atoms with Gasteiger partial charge in [-0.15, -0.1) is 10.2 Å². The van der Waals surface area contributed by atoms with Crippen LogP contribution < -0.4 is 0 Å². The van der Waals surface area contributed by atoms with Gasteiger partial charge in [0.1, 0.15) is 0 Å². The van der Waals surface area contributed by atoms with Crippen LogP contribution in [0.15, 0.2) is 71.9 Å². The minimum atomic E-state index is 0.765. The maximum Gasteiger partial charge on any atom is 0.212 e. The van der Waals surface area contributed by atoms with E-state index in [1.807, 2.05) is 34.8 Å². The summed E-state index contributed by atoms with van der Waals surface area (Å²) in [6.07, 6.45) is 0. The number of hydrogen-bond donors (Lipinski definition) is 0. The zero-order valence-electron chi connectivity index (χ0n) is 13.3. The first-order valence-electron chi connectivity index (χ1n) is 7.76. The fraction of sp³-hybridized carbons (Fsp3) is 0.105. The molecule has 4 nitrogen and oxygen atoms in total. The van der Waals surface area contributed by atoms with Crippen molar-refractivity contribution in [2.24, 2.45) is 0 Å². The molecule has 0 saturated carbocycles. The molecule has 0 aliphatic rings. The van der Waals surface area contributed by atoms with Crippen LogP contribution >= 0.6 is 11.8 Å². The molecule has 0 radical (unpaired) electrons. The summed E-state index contributed by atoms with van der Waals surface area (Å²) < 4.78 is 1.82. The lowest BCUT2D eigenvalue weighted by Crippen LogP contribution is -1.96. The second-order valence-corrected chi connectivity index (χ2v) is 6.55. The van der Waals surface area contributed by atoms with Crippen molar-refractivity contribution in [1.29, 1.82) is 0 Å². The Hall–Kier alpha value is -2.66. The minimum absolute atomic E-state index is 0.765. The highest BCUT2D eigenvalue weighted by Gasteiger charge is 2.09. The van der Waals surface area contributed by atoms with E-state index in [0.717, 1.165) is 27.8 Å². The van der Waals surface area contributed by atoms with Gasteiger partial charge < -0.3 is 0 Å². The molecular weight excluding hydrogens is 316 g/mol. The third-order valence-electron chi connectivity index (χ3n) is 3.79. The van der Waals surface area contributed by atoms with Gasteiger partial charge >= 0.3 is 0 Å². The van der Waals surface area contributed by atoms with Crippen LogP contribution in [-0.2, 0) is 5.75 Å². The van der Waals surface area contributed by atoms with Gasteiger partial charge in [-0.25, -0.2) is 0 Å². The third-order valence-corrected chi connectivity index (χ3v) is 4.78. The molecular formula is C19H16N4S. The Kier molecular flexibility index (Phi) is 4.01. The highest BCUT2D eigenvalue weighted by Crippen LogP contribution is 2.23. The van der Waals surface area contributed by atoms with E-state index in [2.05, 4.69) is 53.5 Å². The van der Waals surface area contributed by atoms with E-state index in [9.17, 15) is 0 Å². The van der Waals surface area contributed by atoms with Crippen LogP contribution in [0, 0.1) is 6.92 Å². The largest absolute Gasteiger partial charge is 0.212 e. The number of nitrogens with zero attached hydrogens (tertiary/aromatic N) is 4. The van der Waals surface area contributed by atoms with Gasteiger partial charge in [0.05, 0.1) is 5.69 Å². The first-order chi connectivity index (χ1) is 11.8. The predicted molar refractivity (Wildman–Crippen MR) is 97.0 cm³/mol. The summed E-state index contributed by atoms with van der Waals surface area (Å²) in [7, 11) is 0. The zero-order chi connectivity index (χ0) is 16.4. The summed E-state index contributed by atoms with van der Waals surface area (Å²) in [5.74, 6) is 0.845. The number of rotatable bonds is 4. The Balaban J connectivity index is 1.64. The Labute approximate surface area is 144 Å². The van der Waals surface area contributed by atoms with Crippen LogP contribution in [0.25, 0.3) is 16.9 Å². The number of aromatic nitrogens is 4. The smallest absolute Gasteiger partial charge is 0.187 e. The van der Waals surface area contributed by atoms with Crippen LogP contribution in [0.4, 0.5) is 0 Å². The van der Waals surface area contributed by atoms with Crippen LogP contribution in [0.1, 0.15) is 11.1 Å². The SMILES string of the molecule is Cc1ccc(-c2ccc3nnc(SCc4ccccc4)n3n2)cc1. The normalized spacial score (nSPS) is 11.0. The van der Waals surface area contributed by atoms with Crippen LogP contribution in [0.2, 0.25) is 0 Å². The lowest BCUT2D eigenvalue weighted by molar-refractivity contribution is 0.813. The van der Waals surface area contributed by atoms with E-state index in [4.69, 9.17) is 5.10 Å². The van der Waals surface area contributed by atoms with Crippen molar-refractivity contribution in [3.63, 3.8) is 0 Å². The number of thioether (sulfide) groups is 1. The van der Waals surface area contributed by atoms with Gasteiger partial charge in [0.15, 0.2) is 5.65 Å². The van der Waals surface area contributed by atoms with Gasteiger partial charge in [0.2, 0.25) is 5.16 Å². The van der Waals surface area contributed by atoms with Crippen molar-refractivity contribution in [3.05, 3.63) is 77.9 Å². The third kappa shape index (κ3) is 3.03. The van der Waals surface area contributed by atoms with Crippen LogP contribution in [0.5, 0.6) is 0 Å². The number of fused-ring (bicyclic) bond motifs is 1. The highest BCUT2D eigenvalue weighted by atomic mass is 32.2. The van der Waals surface area contributed by atoms with Crippen LogP contribution in [-0.4, -0.2) is 19.8 Å². The summed E-state index contributed by atoms with van der Waals surface area (Å²) >= 11 is 1.64. The van der Waals surface area contributed by atoms with Crippen molar-refractivity contribution < 1.29 is 0 Å². The maximum absolute atomic E-state index is 4.72. The molecule has 0 aliphatic heterocycles. The molecule has 24 heavy (non-hydrogen) atoms. The second kappa shape index (κ2) is 6.45. The number of benzene rings is 2. The van der Waals surface area contributed by atoms with Gasteiger partial charge in [-0.1, -0.05) is 71.9 Å². The molecule has 0 fully saturated rings. The summed E-state index contributed by atoms with van der Waals surface area (Å²) in [6, 6.07) is 22.7. The van der Waals surface area contributed by atoms with Gasteiger partial charge in [-0.2, -0.15) is 9.61 Å². The fourth-order valence-electron chi connectivity index (χ4n) is 2.46. The maximum atomic E-state index is 4.72. The first kappa shape index (κ1) is 14.9. The number of hydrogen-bond acceptors (Lipinski definition) is 4. The quantitative estimate of drug-likeness (QED) is 0.520. The Bertz CT molecular complexity index is 962. The van der Waals surface area contributed by atoms with Gasteiger partial charge in [-0.05, 0) is 24.6 Å². The molecule has 0 bridgehead atoms. The Morgan fingerprint density at radius 2 is 1.67 bits per heavy atom. The van der Waals surface area contributed by atoms with E-state index >= 15 is 0 Å². The topological polar surface area (TPSA) is 43.1 Å². The molecule has 0 saturated heterocycles. The molecule has 4 rings (SSSR count). The Morgan fingerprint density at radius 3 is 2.46 bits per heavy atom. The molecule has 0 aliphatic carbocycles. The summed E-state index contributed by atoms with van der Waals surface area (Å²) in [6.45, 7) is 2.08. The van der Waals surface area contributed by atoms with Gasteiger partial charge in [-0.3, -0.25) is 0 Å². The average Bonchev–Trinajstić information content (AvgIpc) is 3.04. The molecule has 0 unspecified atom stereocenters. The van der Waals surface area contributed by atoms with Crippen LogP contribution in [0.3, 0.4) is 0 Å². The summed E-state index contributed by atoms with van der Waals surface area (Å²) in [5.41, 5.74) is 5.28. The minimum Gasteiger partial charge on any atom is -0.187 e. The molecule has 5 heteroatoms. The molecule has 4 aromatic rings. The molecule has 0 atom stereocenters. The van der Waals surface area contributed by atoms with E-state index in [1.54, 1.807) is 11.8 Å². The Morgan fingerprint density at radius 1 is 0.875 bits per heavy atom. The molecule has 2 aromatic heterocycles. The number of aryl methyl sites for hydroxylation is 1. The van der Waals surface area contributed by atoms with E-state index < -0.39 is 0 Å². The zero-order valence-corrected chi connectivity index (χ0v) is 14.1. The molecule has 0 spiro atoms.